The Morgan fingerprint density at radius 1 is 1.73 bits per heavy atom. The maximum atomic E-state index is 8.48. The Morgan fingerprint density at radius 2 is 2.55 bits per heavy atom. The number of aromatic nitrogens is 2. The molecule has 0 aliphatic carbocycles. The molecule has 0 aliphatic heterocycles. The van der Waals surface area contributed by atoms with Gasteiger partial charge in [-0.2, -0.15) is 5.10 Å². The minimum atomic E-state index is 0.205. The summed E-state index contributed by atoms with van der Waals surface area (Å²) in [5.74, 6) is 0. The van der Waals surface area contributed by atoms with Crippen molar-refractivity contribution in [1.29, 1.82) is 0 Å². The second-order valence-corrected chi connectivity index (χ2v) is 2.36. The monoisotopic (exact) mass is 152 g/mol. The van der Waals surface area contributed by atoms with Gasteiger partial charge in [-0.1, -0.05) is 12.2 Å². The molecule has 1 aromatic heterocycles. The van der Waals surface area contributed by atoms with Gasteiger partial charge in [0.25, 0.3) is 0 Å². The summed E-state index contributed by atoms with van der Waals surface area (Å²) in [4.78, 5) is 0. The number of hydrogen-bond donors (Lipinski definition) is 1. The summed E-state index contributed by atoms with van der Waals surface area (Å²) >= 11 is 0. The maximum Gasteiger partial charge on any atom is 0.0562 e. The zero-order valence-corrected chi connectivity index (χ0v) is 6.57. The van der Waals surface area contributed by atoms with Crippen molar-refractivity contribution in [2.75, 3.05) is 6.61 Å². The van der Waals surface area contributed by atoms with Gasteiger partial charge in [0.2, 0.25) is 0 Å². The first-order valence-corrected chi connectivity index (χ1v) is 3.59. The van der Waals surface area contributed by atoms with Crippen molar-refractivity contribution in [3.05, 3.63) is 24.0 Å². The standard InChI is InChI=1S/C8H12N2O/c1-10-7-8(6-9-10)4-2-3-5-11/h2,4,6-7,11H,3,5H2,1H3. The van der Waals surface area contributed by atoms with E-state index < -0.39 is 0 Å². The zero-order chi connectivity index (χ0) is 8.10. The lowest BCUT2D eigenvalue weighted by molar-refractivity contribution is 0.303. The van der Waals surface area contributed by atoms with E-state index in [0.717, 1.165) is 5.56 Å². The molecule has 11 heavy (non-hydrogen) atoms. The molecule has 0 amide bonds. The van der Waals surface area contributed by atoms with E-state index in [9.17, 15) is 0 Å². The van der Waals surface area contributed by atoms with Crippen LogP contribution in [0.15, 0.2) is 18.5 Å². The van der Waals surface area contributed by atoms with Gasteiger partial charge in [-0.25, -0.2) is 0 Å². The van der Waals surface area contributed by atoms with Gasteiger partial charge in [-0.05, 0) is 6.42 Å². The third-order valence-corrected chi connectivity index (χ3v) is 1.33. The molecule has 3 heteroatoms. The topological polar surface area (TPSA) is 38.0 Å². The van der Waals surface area contributed by atoms with Crippen molar-refractivity contribution in [3.63, 3.8) is 0 Å². The Bertz CT molecular complexity index is 240. The average molecular weight is 152 g/mol. The molecule has 1 aromatic rings. The number of nitrogens with zero attached hydrogens (tertiary/aromatic N) is 2. The summed E-state index contributed by atoms with van der Waals surface area (Å²) in [7, 11) is 1.88. The van der Waals surface area contributed by atoms with Crippen LogP contribution in [0.25, 0.3) is 6.08 Å². The molecule has 0 saturated carbocycles. The first kappa shape index (κ1) is 8.01. The fourth-order valence-electron chi connectivity index (χ4n) is 0.820. The molecule has 1 N–H and O–H groups in total. The molecular weight excluding hydrogens is 140 g/mol. The highest BCUT2D eigenvalue weighted by Gasteiger charge is 1.87. The number of hydrogen-bond acceptors (Lipinski definition) is 2. The van der Waals surface area contributed by atoms with Gasteiger partial charge in [0.15, 0.2) is 0 Å². The van der Waals surface area contributed by atoms with Crippen LogP contribution in [0.3, 0.4) is 0 Å². The lowest BCUT2D eigenvalue weighted by Crippen LogP contribution is -1.83. The quantitative estimate of drug-likeness (QED) is 0.696. The van der Waals surface area contributed by atoms with Crippen LogP contribution in [0.1, 0.15) is 12.0 Å². The van der Waals surface area contributed by atoms with Gasteiger partial charge in [-0.15, -0.1) is 0 Å². The summed E-state index contributed by atoms with van der Waals surface area (Å²) in [5, 5.41) is 12.5. The number of rotatable bonds is 3. The van der Waals surface area contributed by atoms with E-state index >= 15 is 0 Å². The first-order valence-electron chi connectivity index (χ1n) is 3.59. The summed E-state index contributed by atoms with van der Waals surface area (Å²) in [6.45, 7) is 0.205. The highest BCUT2D eigenvalue weighted by Crippen LogP contribution is 1.99. The van der Waals surface area contributed by atoms with E-state index in [1.807, 2.05) is 25.4 Å². The van der Waals surface area contributed by atoms with Gasteiger partial charge in [0.05, 0.1) is 6.20 Å². The van der Waals surface area contributed by atoms with E-state index in [2.05, 4.69) is 5.10 Å². The van der Waals surface area contributed by atoms with Crippen molar-refractivity contribution >= 4 is 6.08 Å². The summed E-state index contributed by atoms with van der Waals surface area (Å²) in [6, 6.07) is 0. The van der Waals surface area contributed by atoms with Crippen LogP contribution in [0.5, 0.6) is 0 Å². The van der Waals surface area contributed by atoms with Crippen LogP contribution in [-0.2, 0) is 7.05 Å². The summed E-state index contributed by atoms with van der Waals surface area (Å²) < 4.78 is 1.75. The lowest BCUT2D eigenvalue weighted by Gasteiger charge is -1.83. The fraction of sp³-hybridized carbons (Fsp3) is 0.375. The molecule has 0 aliphatic rings. The van der Waals surface area contributed by atoms with E-state index in [1.165, 1.54) is 0 Å². The van der Waals surface area contributed by atoms with Crippen LogP contribution in [0.4, 0.5) is 0 Å². The van der Waals surface area contributed by atoms with E-state index in [0.29, 0.717) is 6.42 Å². The average Bonchev–Trinajstić information content (AvgIpc) is 2.37. The van der Waals surface area contributed by atoms with Gasteiger partial charge in [-0.3, -0.25) is 4.68 Å². The van der Waals surface area contributed by atoms with Crippen molar-refractivity contribution in [2.45, 2.75) is 6.42 Å². The zero-order valence-electron chi connectivity index (χ0n) is 6.57. The van der Waals surface area contributed by atoms with Gasteiger partial charge >= 0.3 is 0 Å². The predicted octanol–water partition coefficient (Wildman–Crippen LogP) is 0.816. The Labute approximate surface area is 66.0 Å². The van der Waals surface area contributed by atoms with Crippen LogP contribution >= 0.6 is 0 Å². The lowest BCUT2D eigenvalue weighted by atomic mass is 10.3. The molecule has 60 valence electrons. The predicted molar refractivity (Wildman–Crippen MR) is 43.9 cm³/mol. The summed E-state index contributed by atoms with van der Waals surface area (Å²) in [5.41, 5.74) is 1.07. The minimum Gasteiger partial charge on any atom is -0.396 e. The van der Waals surface area contributed by atoms with Crippen LogP contribution in [-0.4, -0.2) is 21.5 Å². The smallest absolute Gasteiger partial charge is 0.0562 e. The van der Waals surface area contributed by atoms with Crippen molar-refractivity contribution in [2.24, 2.45) is 7.05 Å². The Kier molecular flexibility index (Phi) is 2.86. The molecule has 0 radical (unpaired) electrons. The molecule has 0 aromatic carbocycles. The molecule has 3 nitrogen and oxygen atoms in total. The molecule has 0 bridgehead atoms. The molecule has 0 atom stereocenters. The largest absolute Gasteiger partial charge is 0.396 e. The highest BCUT2D eigenvalue weighted by atomic mass is 16.2. The molecular formula is C8H12N2O. The Hall–Kier alpha value is -1.09. The van der Waals surface area contributed by atoms with Crippen molar-refractivity contribution in [3.8, 4) is 0 Å². The normalized spacial score (nSPS) is 11.1. The number of aryl methyl sites for hydroxylation is 1. The van der Waals surface area contributed by atoms with Gasteiger partial charge < -0.3 is 5.11 Å². The van der Waals surface area contributed by atoms with E-state index in [-0.39, 0.29) is 6.61 Å². The minimum absolute atomic E-state index is 0.205. The van der Waals surface area contributed by atoms with Crippen molar-refractivity contribution < 1.29 is 5.11 Å². The van der Waals surface area contributed by atoms with E-state index in [4.69, 9.17) is 5.11 Å². The fourth-order valence-corrected chi connectivity index (χ4v) is 0.820. The summed E-state index contributed by atoms with van der Waals surface area (Å²) in [6.07, 6.45) is 8.29. The van der Waals surface area contributed by atoms with Crippen LogP contribution < -0.4 is 0 Å². The first-order chi connectivity index (χ1) is 5.33. The maximum absolute atomic E-state index is 8.48. The van der Waals surface area contributed by atoms with Gasteiger partial charge in [0.1, 0.15) is 0 Å². The SMILES string of the molecule is Cn1cc(C=CCCO)cn1. The third kappa shape index (κ3) is 2.55. The Balaban J connectivity index is 2.50. The Morgan fingerprint density at radius 3 is 3.09 bits per heavy atom. The number of aliphatic hydroxyl groups is 1. The molecule has 1 rings (SSSR count). The second kappa shape index (κ2) is 3.93. The highest BCUT2D eigenvalue weighted by molar-refractivity contribution is 5.46. The number of aliphatic hydroxyl groups excluding tert-OH is 1. The molecule has 1 heterocycles. The molecule has 0 saturated heterocycles. The second-order valence-electron chi connectivity index (χ2n) is 2.36. The molecule has 0 fully saturated rings. The van der Waals surface area contributed by atoms with Crippen LogP contribution in [0.2, 0.25) is 0 Å². The van der Waals surface area contributed by atoms with Crippen molar-refractivity contribution in [1.82, 2.24) is 9.78 Å². The molecule has 0 spiro atoms. The van der Waals surface area contributed by atoms with E-state index in [1.54, 1.807) is 10.9 Å². The third-order valence-electron chi connectivity index (χ3n) is 1.33. The molecule has 0 unspecified atom stereocenters. The van der Waals surface area contributed by atoms with Crippen LogP contribution in [0, 0.1) is 0 Å². The van der Waals surface area contributed by atoms with Gasteiger partial charge in [0, 0.05) is 25.4 Å².